The van der Waals surface area contributed by atoms with Crippen LogP contribution in [-0.2, 0) is 10.8 Å². The second-order valence-corrected chi connectivity index (χ2v) is 33.2. The molecule has 0 N–H and O–H groups in total. The topological polar surface area (TPSA) is 123 Å². The maximum atomic E-state index is 5.61. The van der Waals surface area contributed by atoms with Crippen molar-refractivity contribution in [3.05, 3.63) is 376 Å². The predicted molar refractivity (Wildman–Crippen MR) is 492 cm³/mol. The molecule has 0 bridgehead atoms. The van der Waals surface area contributed by atoms with Crippen LogP contribution in [0.4, 0.5) is 0 Å². The number of hydrogen-bond donors (Lipinski definition) is 0. The highest BCUT2D eigenvalue weighted by atomic mass is 15.1. The van der Waals surface area contributed by atoms with Gasteiger partial charge in [0.25, 0.3) is 0 Å². The van der Waals surface area contributed by atoms with Crippen LogP contribution in [0, 0.1) is 0 Å². The summed E-state index contributed by atoms with van der Waals surface area (Å²) < 4.78 is 9.78. The minimum Gasteiger partial charge on any atom is -0.309 e. The fourth-order valence-corrected chi connectivity index (χ4v) is 17.8. The second-order valence-electron chi connectivity index (χ2n) is 33.2. The van der Waals surface area contributed by atoms with Gasteiger partial charge in [-0.3, -0.25) is 9.97 Å². The van der Waals surface area contributed by atoms with Gasteiger partial charge in [-0.25, -0.2) is 29.9 Å². The lowest BCUT2D eigenvalue weighted by atomic mass is 9.85. The Morgan fingerprint density at radius 1 is 0.192 bits per heavy atom. The molecular weight excluding hydrogens is 1470 g/mol. The molecule has 8 heterocycles. The van der Waals surface area contributed by atoms with Crippen molar-refractivity contribution in [2.24, 2.45) is 0 Å². The van der Waals surface area contributed by atoms with Crippen molar-refractivity contribution in [3.63, 3.8) is 0 Å². The third-order valence-corrected chi connectivity index (χ3v) is 23.8. The summed E-state index contributed by atoms with van der Waals surface area (Å²) >= 11 is 0. The van der Waals surface area contributed by atoms with Crippen molar-refractivity contribution in [3.8, 4) is 124 Å². The standard InChI is InChI=1S/C108H78N12/c1-107(2,3)75-41-49-94-88(61-75)89-62-76(108(4,5)6)42-50-95(89)119(94)100-66-87(68-53-57-110-58-54-68)86(65-90(100)106-115-103(71-29-15-9-16-30-71)112-104(116-106)72-31-17-10-18-32-72)74-40-45-82-81-35-21-24-38-93(81)118(96(82)60-74)78-44-48-84-83-47-43-77(117-91-36-22-19-33-79(91)80-34-20-23-37-92(80)117)63-98(83)120(99(84)64-78)97-59-73(67-51-55-109-56-52-67)39-46-85(97)105-113-101(69-25-11-7-12-26-69)111-102(114-105)70-27-13-8-14-28-70/h7-66H,1-6H3. The lowest BCUT2D eigenvalue weighted by Crippen LogP contribution is -2.10. The average molecular weight is 1540 g/mol. The van der Waals surface area contributed by atoms with Crippen molar-refractivity contribution in [1.29, 1.82) is 0 Å². The van der Waals surface area contributed by atoms with Gasteiger partial charge in [-0.15, -0.1) is 0 Å². The van der Waals surface area contributed by atoms with Gasteiger partial charge in [0.15, 0.2) is 34.9 Å². The Morgan fingerprint density at radius 2 is 0.533 bits per heavy atom. The number of hydrogen-bond acceptors (Lipinski definition) is 8. The van der Waals surface area contributed by atoms with Gasteiger partial charge >= 0.3 is 0 Å². The van der Waals surface area contributed by atoms with Gasteiger partial charge in [0, 0.05) is 113 Å². The van der Waals surface area contributed by atoms with Crippen LogP contribution < -0.4 is 0 Å². The van der Waals surface area contributed by atoms with E-state index in [1.54, 1.807) is 0 Å². The molecule has 0 saturated carbocycles. The van der Waals surface area contributed by atoms with E-state index in [2.05, 4.69) is 337 Å². The lowest BCUT2D eigenvalue weighted by molar-refractivity contribution is 0.590. The molecular formula is C108H78N12. The van der Waals surface area contributed by atoms with Gasteiger partial charge in [0.05, 0.1) is 55.5 Å². The first-order chi connectivity index (χ1) is 58.8. The van der Waals surface area contributed by atoms with Crippen LogP contribution >= 0.6 is 0 Å². The summed E-state index contributed by atoms with van der Waals surface area (Å²) in [7, 11) is 0. The Bertz CT molecular complexity index is 7590. The van der Waals surface area contributed by atoms with E-state index in [0.717, 1.165) is 155 Å². The largest absolute Gasteiger partial charge is 0.309 e. The number of nitrogens with zero attached hydrogens (tertiary/aromatic N) is 12. The van der Waals surface area contributed by atoms with Crippen LogP contribution in [-0.4, -0.2) is 58.1 Å². The first-order valence-electron chi connectivity index (χ1n) is 40.8. The Balaban J connectivity index is 0.822. The van der Waals surface area contributed by atoms with E-state index >= 15 is 0 Å². The highest BCUT2D eigenvalue weighted by Crippen LogP contribution is 2.48. The predicted octanol–water partition coefficient (Wildman–Crippen LogP) is 26.8. The van der Waals surface area contributed by atoms with Crippen molar-refractivity contribution in [1.82, 2.24) is 58.1 Å². The summed E-state index contributed by atoms with van der Waals surface area (Å²) in [6.45, 7) is 13.8. The number of aromatic nitrogens is 12. The molecule has 0 atom stereocenters. The minimum atomic E-state index is -0.116. The van der Waals surface area contributed by atoms with E-state index in [1.165, 1.54) is 32.7 Å². The molecule has 570 valence electrons. The molecule has 0 fully saturated rings. The summed E-state index contributed by atoms with van der Waals surface area (Å²) in [6, 6.07) is 122. The molecule has 22 aromatic rings. The van der Waals surface area contributed by atoms with Gasteiger partial charge < -0.3 is 18.3 Å². The molecule has 0 radical (unpaired) electrons. The number of fused-ring (bicyclic) bond motifs is 12. The third kappa shape index (κ3) is 12.1. The van der Waals surface area contributed by atoms with E-state index < -0.39 is 0 Å². The fourth-order valence-electron chi connectivity index (χ4n) is 17.8. The molecule has 12 heteroatoms. The van der Waals surface area contributed by atoms with Gasteiger partial charge in [-0.2, -0.15) is 0 Å². The molecule has 0 amide bonds. The van der Waals surface area contributed by atoms with Crippen LogP contribution in [0.15, 0.2) is 365 Å². The Kier molecular flexibility index (Phi) is 16.7. The molecule has 14 aromatic carbocycles. The van der Waals surface area contributed by atoms with Gasteiger partial charge in [0.2, 0.25) is 0 Å². The number of pyridine rings is 2. The van der Waals surface area contributed by atoms with E-state index in [0.29, 0.717) is 34.9 Å². The smallest absolute Gasteiger partial charge is 0.166 e. The molecule has 0 aliphatic heterocycles. The van der Waals surface area contributed by atoms with Crippen LogP contribution in [0.2, 0.25) is 0 Å². The zero-order valence-corrected chi connectivity index (χ0v) is 67.0. The SMILES string of the molecule is CC(C)(C)c1ccc2c(c1)c1cc(C(C)(C)C)ccc1n2-c1cc(-c2ccncc2)c(-c2ccc3c4ccccc4n(-c4ccc5c6ccc(-n7c8ccccc8c8ccccc87)cc6n(-c6cc(-c7ccncc7)ccc6-c6nc(-c7ccccc7)nc(-c7ccccc7)n6)c5c4)c3c2)cc1-c1nc(-c2ccccc2)nc(-c2ccccc2)n1. The molecule has 0 unspecified atom stereocenters. The van der Waals surface area contributed by atoms with E-state index in [1.807, 2.05) is 97.6 Å². The summed E-state index contributed by atoms with van der Waals surface area (Å²) in [4.78, 5) is 41.9. The molecule has 22 rings (SSSR count). The molecule has 120 heavy (non-hydrogen) atoms. The van der Waals surface area contributed by atoms with Gasteiger partial charge in [-0.05, 0) is 177 Å². The first-order valence-corrected chi connectivity index (χ1v) is 40.8. The van der Waals surface area contributed by atoms with Crippen LogP contribution in [0.3, 0.4) is 0 Å². The molecule has 0 aliphatic rings. The maximum absolute atomic E-state index is 5.61. The number of rotatable bonds is 13. The average Bonchev–Trinajstić information content (AvgIpc) is 1.55. The number of para-hydroxylation sites is 3. The summed E-state index contributed by atoms with van der Waals surface area (Å²) in [6.07, 6.45) is 7.51. The number of benzene rings is 14. The molecule has 0 saturated heterocycles. The molecule has 12 nitrogen and oxygen atoms in total. The summed E-state index contributed by atoms with van der Waals surface area (Å²) in [5, 5.41) is 9.09. The highest BCUT2D eigenvalue weighted by Gasteiger charge is 2.29. The van der Waals surface area contributed by atoms with Gasteiger partial charge in [0.1, 0.15) is 0 Å². The fraction of sp³-hybridized carbons (Fsp3) is 0.0741. The van der Waals surface area contributed by atoms with E-state index in [4.69, 9.17) is 29.9 Å². The Morgan fingerprint density at radius 3 is 0.983 bits per heavy atom. The van der Waals surface area contributed by atoms with Crippen molar-refractivity contribution in [2.75, 3.05) is 0 Å². The van der Waals surface area contributed by atoms with Crippen molar-refractivity contribution in [2.45, 2.75) is 52.4 Å². The molecule has 0 aliphatic carbocycles. The minimum absolute atomic E-state index is 0.116. The van der Waals surface area contributed by atoms with Crippen LogP contribution in [0.5, 0.6) is 0 Å². The third-order valence-electron chi connectivity index (χ3n) is 23.8. The normalized spacial score (nSPS) is 12.1. The zero-order valence-electron chi connectivity index (χ0n) is 67.0. The van der Waals surface area contributed by atoms with E-state index in [9.17, 15) is 0 Å². The van der Waals surface area contributed by atoms with Crippen molar-refractivity contribution >= 4 is 87.2 Å². The quantitative estimate of drug-likeness (QED) is 0.112. The Labute approximate surface area is 693 Å². The molecule has 8 aromatic heterocycles. The van der Waals surface area contributed by atoms with Crippen LogP contribution in [0.25, 0.3) is 212 Å². The van der Waals surface area contributed by atoms with Crippen molar-refractivity contribution < 1.29 is 0 Å². The Hall–Kier alpha value is -15.4. The van der Waals surface area contributed by atoms with Gasteiger partial charge in [-0.1, -0.05) is 260 Å². The maximum Gasteiger partial charge on any atom is 0.166 e. The van der Waals surface area contributed by atoms with Crippen LogP contribution in [0.1, 0.15) is 52.7 Å². The summed E-state index contributed by atoms with van der Waals surface area (Å²) in [5.74, 6) is 3.34. The zero-order chi connectivity index (χ0) is 80.5. The second kappa shape index (κ2) is 28.2. The summed E-state index contributed by atoms with van der Waals surface area (Å²) in [5.41, 5.74) is 25.7. The lowest BCUT2D eigenvalue weighted by Gasteiger charge is -2.21. The molecule has 0 spiro atoms. The highest BCUT2D eigenvalue weighted by molar-refractivity contribution is 6.16. The first kappa shape index (κ1) is 71.2. The van der Waals surface area contributed by atoms with E-state index in [-0.39, 0.29) is 10.8 Å². The monoisotopic (exact) mass is 1540 g/mol.